The van der Waals surface area contributed by atoms with Crippen LogP contribution >= 0.6 is 0 Å². The average Bonchev–Trinajstić information content (AvgIpc) is 3.02. The highest BCUT2D eigenvalue weighted by Crippen LogP contribution is 2.17. The third-order valence-corrected chi connectivity index (χ3v) is 3.97. The average molecular weight is 314 g/mol. The molecule has 0 atom stereocenters. The van der Waals surface area contributed by atoms with Crippen molar-refractivity contribution < 1.29 is 9.53 Å². The largest absolute Gasteiger partial charge is 0.381 e. The molecule has 1 aliphatic heterocycles. The molecule has 2 heterocycles. The van der Waals surface area contributed by atoms with Crippen LogP contribution in [0.1, 0.15) is 18.4 Å². The molecular formula is C17H22N4O2. The van der Waals surface area contributed by atoms with Crippen molar-refractivity contribution in [3.8, 4) is 0 Å². The van der Waals surface area contributed by atoms with Crippen LogP contribution in [0.15, 0.2) is 42.7 Å². The van der Waals surface area contributed by atoms with E-state index in [9.17, 15) is 4.79 Å². The van der Waals surface area contributed by atoms with E-state index in [2.05, 4.69) is 15.7 Å². The Bertz CT molecular complexity index is 621. The highest BCUT2D eigenvalue weighted by molar-refractivity contribution is 5.88. The molecule has 0 bridgehead atoms. The van der Waals surface area contributed by atoms with E-state index >= 15 is 0 Å². The Hall–Kier alpha value is -2.34. The summed E-state index contributed by atoms with van der Waals surface area (Å²) in [6.45, 7) is 3.04. The van der Waals surface area contributed by atoms with Gasteiger partial charge in [0.15, 0.2) is 0 Å². The van der Waals surface area contributed by atoms with Crippen molar-refractivity contribution in [2.45, 2.75) is 25.9 Å². The van der Waals surface area contributed by atoms with E-state index in [1.54, 1.807) is 6.20 Å². The third kappa shape index (κ3) is 4.82. The normalized spacial score (nSPS) is 15.3. The maximum absolute atomic E-state index is 11.9. The zero-order valence-corrected chi connectivity index (χ0v) is 13.1. The molecule has 6 nitrogen and oxygen atoms in total. The van der Waals surface area contributed by atoms with Gasteiger partial charge in [0.1, 0.15) is 0 Å². The third-order valence-electron chi connectivity index (χ3n) is 3.97. The van der Waals surface area contributed by atoms with Crippen LogP contribution in [-0.4, -0.2) is 29.0 Å². The monoisotopic (exact) mass is 314 g/mol. The fraction of sp³-hybridized carbons (Fsp3) is 0.412. The molecule has 0 spiro atoms. The Kier molecular flexibility index (Phi) is 5.26. The molecule has 122 valence electrons. The van der Waals surface area contributed by atoms with E-state index < -0.39 is 0 Å². The van der Waals surface area contributed by atoms with Crippen molar-refractivity contribution >= 4 is 11.7 Å². The fourth-order valence-electron chi connectivity index (χ4n) is 2.67. The number of aromatic nitrogens is 2. The predicted molar refractivity (Wildman–Crippen MR) is 88.1 cm³/mol. The number of nitrogens with zero attached hydrogens (tertiary/aromatic N) is 2. The molecule has 2 aromatic rings. The Morgan fingerprint density at radius 3 is 2.83 bits per heavy atom. The number of hydrogen-bond donors (Lipinski definition) is 2. The van der Waals surface area contributed by atoms with Gasteiger partial charge in [0.25, 0.3) is 0 Å². The molecule has 0 unspecified atom stereocenters. The maximum atomic E-state index is 11.9. The summed E-state index contributed by atoms with van der Waals surface area (Å²) in [5.41, 5.74) is 1.78. The van der Waals surface area contributed by atoms with Gasteiger partial charge < -0.3 is 15.4 Å². The van der Waals surface area contributed by atoms with E-state index in [0.717, 1.165) is 38.2 Å². The van der Waals surface area contributed by atoms with Crippen molar-refractivity contribution in [2.24, 2.45) is 5.92 Å². The first kappa shape index (κ1) is 15.6. The number of carbonyl (C=O) groups is 1. The minimum atomic E-state index is -0.223. The van der Waals surface area contributed by atoms with Gasteiger partial charge in [-0.2, -0.15) is 5.10 Å². The zero-order chi connectivity index (χ0) is 15.9. The first-order valence-corrected chi connectivity index (χ1v) is 7.98. The molecule has 1 fully saturated rings. The quantitative estimate of drug-likeness (QED) is 0.891. The summed E-state index contributed by atoms with van der Waals surface area (Å²) >= 11 is 0. The number of anilines is 1. The first-order valence-electron chi connectivity index (χ1n) is 7.98. The van der Waals surface area contributed by atoms with E-state index in [4.69, 9.17) is 4.74 Å². The van der Waals surface area contributed by atoms with Crippen LogP contribution in [0.2, 0.25) is 0 Å². The maximum Gasteiger partial charge on any atom is 0.319 e. The SMILES string of the molecule is O=C(NCc1ccccc1)Nc1cnn(CC2CCOCC2)c1. The van der Waals surface area contributed by atoms with Crippen molar-refractivity contribution in [3.63, 3.8) is 0 Å². The number of urea groups is 1. The van der Waals surface area contributed by atoms with Gasteiger partial charge in [-0.05, 0) is 24.3 Å². The Morgan fingerprint density at radius 2 is 2.04 bits per heavy atom. The summed E-state index contributed by atoms with van der Waals surface area (Å²) in [4.78, 5) is 11.9. The predicted octanol–water partition coefficient (Wildman–Crippen LogP) is 2.63. The standard InChI is InChI=1S/C17H22N4O2/c22-17(18-10-14-4-2-1-3-5-14)20-16-11-19-21(13-16)12-15-6-8-23-9-7-15/h1-5,11,13,15H,6-10,12H2,(H2,18,20,22). The smallest absolute Gasteiger partial charge is 0.319 e. The molecule has 3 rings (SSSR count). The van der Waals surface area contributed by atoms with Gasteiger partial charge in [-0.3, -0.25) is 4.68 Å². The Labute approximate surface area is 135 Å². The molecule has 1 saturated heterocycles. The highest BCUT2D eigenvalue weighted by atomic mass is 16.5. The summed E-state index contributed by atoms with van der Waals surface area (Å²) in [6, 6.07) is 9.60. The highest BCUT2D eigenvalue weighted by Gasteiger charge is 2.15. The number of ether oxygens (including phenoxy) is 1. The van der Waals surface area contributed by atoms with Gasteiger partial charge in [0.05, 0.1) is 11.9 Å². The molecule has 23 heavy (non-hydrogen) atoms. The second kappa shape index (κ2) is 7.78. The Balaban J connectivity index is 1.45. The van der Waals surface area contributed by atoms with Crippen LogP contribution in [0.5, 0.6) is 0 Å². The summed E-state index contributed by atoms with van der Waals surface area (Å²) in [6.07, 6.45) is 5.69. The van der Waals surface area contributed by atoms with Crippen LogP contribution in [0.3, 0.4) is 0 Å². The lowest BCUT2D eigenvalue weighted by atomic mass is 10.0. The van der Waals surface area contributed by atoms with Gasteiger partial charge in [-0.15, -0.1) is 0 Å². The lowest BCUT2D eigenvalue weighted by molar-refractivity contribution is 0.0601. The first-order chi connectivity index (χ1) is 11.3. The summed E-state index contributed by atoms with van der Waals surface area (Å²) in [5, 5.41) is 9.96. The lowest BCUT2D eigenvalue weighted by Gasteiger charge is -2.21. The zero-order valence-electron chi connectivity index (χ0n) is 13.1. The van der Waals surface area contributed by atoms with Crippen LogP contribution < -0.4 is 10.6 Å². The van der Waals surface area contributed by atoms with Gasteiger partial charge in [0.2, 0.25) is 0 Å². The summed E-state index contributed by atoms with van der Waals surface area (Å²) in [5.74, 6) is 0.600. The molecule has 6 heteroatoms. The second-order valence-electron chi connectivity index (χ2n) is 5.80. The van der Waals surface area contributed by atoms with Crippen LogP contribution in [0, 0.1) is 5.92 Å². The van der Waals surface area contributed by atoms with Gasteiger partial charge >= 0.3 is 6.03 Å². The second-order valence-corrected chi connectivity index (χ2v) is 5.80. The van der Waals surface area contributed by atoms with Crippen LogP contribution in [-0.2, 0) is 17.8 Å². The number of rotatable bonds is 5. The van der Waals surface area contributed by atoms with Crippen molar-refractivity contribution in [1.82, 2.24) is 15.1 Å². The van der Waals surface area contributed by atoms with Crippen molar-refractivity contribution in [2.75, 3.05) is 18.5 Å². The molecule has 0 radical (unpaired) electrons. The molecule has 0 aliphatic carbocycles. The van der Waals surface area contributed by atoms with E-state index in [1.807, 2.05) is 41.2 Å². The molecule has 2 N–H and O–H groups in total. The van der Waals surface area contributed by atoms with Crippen LogP contribution in [0.25, 0.3) is 0 Å². The molecule has 1 aromatic heterocycles. The molecule has 1 aliphatic rings. The number of benzene rings is 1. The van der Waals surface area contributed by atoms with Gasteiger partial charge in [-0.1, -0.05) is 30.3 Å². The summed E-state index contributed by atoms with van der Waals surface area (Å²) in [7, 11) is 0. The number of hydrogen-bond acceptors (Lipinski definition) is 3. The van der Waals surface area contributed by atoms with Crippen molar-refractivity contribution in [1.29, 1.82) is 0 Å². The minimum absolute atomic E-state index is 0.223. The summed E-state index contributed by atoms with van der Waals surface area (Å²) < 4.78 is 7.26. The Morgan fingerprint density at radius 1 is 1.26 bits per heavy atom. The molecule has 0 saturated carbocycles. The van der Waals surface area contributed by atoms with Crippen LogP contribution in [0.4, 0.5) is 10.5 Å². The van der Waals surface area contributed by atoms with E-state index in [1.165, 1.54) is 0 Å². The van der Waals surface area contributed by atoms with Gasteiger partial charge in [0, 0.05) is 32.5 Å². The number of amides is 2. The fourth-order valence-corrected chi connectivity index (χ4v) is 2.67. The topological polar surface area (TPSA) is 68.2 Å². The minimum Gasteiger partial charge on any atom is -0.381 e. The van der Waals surface area contributed by atoms with Crippen molar-refractivity contribution in [3.05, 3.63) is 48.3 Å². The number of carbonyl (C=O) groups excluding carboxylic acids is 1. The lowest BCUT2D eigenvalue weighted by Crippen LogP contribution is -2.28. The van der Waals surface area contributed by atoms with E-state index in [-0.39, 0.29) is 6.03 Å². The molecular weight excluding hydrogens is 292 g/mol. The van der Waals surface area contributed by atoms with Gasteiger partial charge in [-0.25, -0.2) is 4.79 Å². The molecule has 1 aromatic carbocycles. The van der Waals surface area contributed by atoms with E-state index in [0.29, 0.717) is 18.2 Å². The molecule has 2 amide bonds. The number of nitrogens with one attached hydrogen (secondary N) is 2.